The van der Waals surface area contributed by atoms with Crippen molar-refractivity contribution in [2.45, 2.75) is 26.2 Å². The quantitative estimate of drug-likeness (QED) is 0.434. The summed E-state index contributed by atoms with van der Waals surface area (Å²) in [7, 11) is 0. The first-order chi connectivity index (χ1) is 16.1. The molecule has 3 heterocycles. The van der Waals surface area contributed by atoms with Gasteiger partial charge in [-0.15, -0.1) is 5.10 Å². The van der Waals surface area contributed by atoms with Crippen molar-refractivity contribution in [3.05, 3.63) is 88.0 Å². The summed E-state index contributed by atoms with van der Waals surface area (Å²) in [5, 5.41) is 7.98. The number of nitrogen functional groups attached to an aromatic ring is 1. The molecule has 7 nitrogen and oxygen atoms in total. The summed E-state index contributed by atoms with van der Waals surface area (Å²) in [5.41, 5.74) is 7.12. The molecule has 34 heavy (non-hydrogen) atoms. The lowest BCUT2D eigenvalue weighted by atomic mass is 10.1. The van der Waals surface area contributed by atoms with Crippen LogP contribution in [0.25, 0.3) is 10.9 Å². The number of amides is 1. The highest BCUT2D eigenvalue weighted by molar-refractivity contribution is 6.31. The number of hydrogen-bond acceptors (Lipinski definition) is 6. The molecule has 0 spiro atoms. The molecule has 174 valence electrons. The van der Waals surface area contributed by atoms with Gasteiger partial charge in [0.15, 0.2) is 5.69 Å². The van der Waals surface area contributed by atoms with E-state index < -0.39 is 11.9 Å². The molecule has 4 rings (SSSR count). The van der Waals surface area contributed by atoms with E-state index in [1.165, 1.54) is 17.2 Å². The van der Waals surface area contributed by atoms with Gasteiger partial charge in [-0.3, -0.25) is 9.78 Å². The highest BCUT2D eigenvalue weighted by Gasteiger charge is 2.33. The van der Waals surface area contributed by atoms with Gasteiger partial charge in [0, 0.05) is 17.1 Å². The number of benzene rings is 1. The van der Waals surface area contributed by atoms with Gasteiger partial charge in [0.25, 0.3) is 5.91 Å². The molecule has 0 saturated carbocycles. The van der Waals surface area contributed by atoms with Crippen molar-refractivity contribution in [3.63, 3.8) is 0 Å². The Kier molecular flexibility index (Phi) is 6.34. The van der Waals surface area contributed by atoms with Gasteiger partial charge in [0.05, 0.1) is 35.0 Å². The Morgan fingerprint density at radius 1 is 1.09 bits per heavy atom. The minimum atomic E-state index is -4.61. The number of pyridine rings is 2. The first kappa shape index (κ1) is 23.4. The van der Waals surface area contributed by atoms with Gasteiger partial charge in [-0.05, 0) is 61.0 Å². The van der Waals surface area contributed by atoms with Gasteiger partial charge in [0.2, 0.25) is 0 Å². The molecule has 1 aromatic carbocycles. The van der Waals surface area contributed by atoms with Crippen LogP contribution in [0.3, 0.4) is 0 Å². The number of aromatic nitrogens is 4. The lowest BCUT2D eigenvalue weighted by molar-refractivity contribution is -0.141. The standard InChI is InChI=1S/C23H18ClF3N6O/c1-13-9-15-10-14(4-6-18(15)30-21(13)28)22(34)33(12-19-17(24)3-2-8-29-19)11-16-5-7-20(32-31-16)23(25,26)27/h2-10H,11-12H2,1H3,(H2,28,30). The Balaban J connectivity index is 1.68. The van der Waals surface area contributed by atoms with E-state index in [0.717, 1.165) is 17.0 Å². The number of rotatable bonds is 5. The second kappa shape index (κ2) is 9.22. The lowest BCUT2D eigenvalue weighted by Crippen LogP contribution is -2.31. The van der Waals surface area contributed by atoms with Crippen LogP contribution < -0.4 is 5.73 Å². The van der Waals surface area contributed by atoms with E-state index in [-0.39, 0.29) is 24.7 Å². The molecule has 0 radical (unpaired) electrons. The van der Waals surface area contributed by atoms with Crippen LogP contribution >= 0.6 is 11.6 Å². The van der Waals surface area contributed by atoms with Crippen molar-refractivity contribution in [1.29, 1.82) is 0 Å². The van der Waals surface area contributed by atoms with Crippen LogP contribution in [0.4, 0.5) is 19.0 Å². The second-order valence-corrected chi connectivity index (χ2v) is 8.01. The highest BCUT2D eigenvalue weighted by atomic mass is 35.5. The molecule has 11 heteroatoms. The van der Waals surface area contributed by atoms with Crippen LogP contribution in [0.5, 0.6) is 0 Å². The number of alkyl halides is 3. The van der Waals surface area contributed by atoms with Crippen LogP contribution in [0.1, 0.15) is 33.0 Å². The van der Waals surface area contributed by atoms with Crippen molar-refractivity contribution in [3.8, 4) is 0 Å². The molecule has 0 unspecified atom stereocenters. The number of nitrogens with zero attached hydrogens (tertiary/aromatic N) is 5. The van der Waals surface area contributed by atoms with Crippen LogP contribution in [-0.4, -0.2) is 31.0 Å². The second-order valence-electron chi connectivity index (χ2n) is 7.60. The number of hydrogen-bond donors (Lipinski definition) is 1. The van der Waals surface area contributed by atoms with Crippen molar-refractivity contribution in [2.24, 2.45) is 0 Å². The predicted molar refractivity (Wildman–Crippen MR) is 121 cm³/mol. The summed E-state index contributed by atoms with van der Waals surface area (Å²) in [6, 6.07) is 12.1. The Morgan fingerprint density at radius 2 is 1.88 bits per heavy atom. The van der Waals surface area contributed by atoms with E-state index in [2.05, 4.69) is 20.2 Å². The average molecular weight is 487 g/mol. The third kappa shape index (κ3) is 5.07. The number of carbonyl (C=O) groups excluding carboxylic acids is 1. The smallest absolute Gasteiger partial charge is 0.383 e. The van der Waals surface area contributed by atoms with Crippen LogP contribution in [0, 0.1) is 6.92 Å². The van der Waals surface area contributed by atoms with E-state index in [0.29, 0.717) is 27.6 Å². The minimum Gasteiger partial charge on any atom is -0.383 e. The molecule has 0 bridgehead atoms. The number of fused-ring (bicyclic) bond motifs is 1. The maximum atomic E-state index is 13.5. The van der Waals surface area contributed by atoms with Crippen molar-refractivity contribution in [1.82, 2.24) is 25.1 Å². The largest absolute Gasteiger partial charge is 0.435 e. The number of aryl methyl sites for hydroxylation is 1. The van der Waals surface area contributed by atoms with Crippen molar-refractivity contribution < 1.29 is 18.0 Å². The van der Waals surface area contributed by atoms with E-state index in [9.17, 15) is 18.0 Å². The van der Waals surface area contributed by atoms with E-state index >= 15 is 0 Å². The fraction of sp³-hybridized carbons (Fsp3) is 0.174. The zero-order chi connectivity index (χ0) is 24.5. The maximum Gasteiger partial charge on any atom is 0.435 e. The van der Waals surface area contributed by atoms with E-state index in [1.54, 1.807) is 30.3 Å². The van der Waals surface area contributed by atoms with Gasteiger partial charge in [-0.2, -0.15) is 18.3 Å². The molecule has 0 saturated heterocycles. The SMILES string of the molecule is Cc1cc2cc(C(=O)N(Cc3ccc(C(F)(F)F)nn3)Cc3ncccc3Cl)ccc2nc1N. The average Bonchev–Trinajstić information content (AvgIpc) is 2.80. The fourth-order valence-electron chi connectivity index (χ4n) is 3.32. The first-order valence-corrected chi connectivity index (χ1v) is 10.4. The Labute approximate surface area is 197 Å². The van der Waals surface area contributed by atoms with Crippen molar-refractivity contribution >= 4 is 34.2 Å². The molecule has 4 aromatic rings. The summed E-state index contributed by atoms with van der Waals surface area (Å²) in [6.07, 6.45) is -3.07. The fourth-order valence-corrected chi connectivity index (χ4v) is 3.50. The third-order valence-corrected chi connectivity index (χ3v) is 5.46. The van der Waals surface area contributed by atoms with E-state index in [1.807, 2.05) is 13.0 Å². The molecular formula is C23H18ClF3N6O. The molecule has 0 fully saturated rings. The summed E-state index contributed by atoms with van der Waals surface area (Å²) in [6.45, 7) is 1.72. The van der Waals surface area contributed by atoms with Crippen LogP contribution in [-0.2, 0) is 19.3 Å². The van der Waals surface area contributed by atoms with Gasteiger partial charge in [-0.25, -0.2) is 4.98 Å². The molecule has 3 aromatic heterocycles. The minimum absolute atomic E-state index is 0.0122. The normalized spacial score (nSPS) is 11.6. The summed E-state index contributed by atoms with van der Waals surface area (Å²) < 4.78 is 38.5. The highest BCUT2D eigenvalue weighted by Crippen LogP contribution is 2.27. The van der Waals surface area contributed by atoms with Gasteiger partial charge in [-0.1, -0.05) is 11.6 Å². The van der Waals surface area contributed by atoms with E-state index in [4.69, 9.17) is 17.3 Å². The molecular weight excluding hydrogens is 469 g/mol. The molecule has 0 aliphatic rings. The number of anilines is 1. The summed E-state index contributed by atoms with van der Waals surface area (Å²) >= 11 is 6.23. The monoisotopic (exact) mass is 486 g/mol. The van der Waals surface area contributed by atoms with Gasteiger partial charge < -0.3 is 10.6 Å². The maximum absolute atomic E-state index is 13.5. The first-order valence-electron chi connectivity index (χ1n) is 10.1. The molecule has 0 aliphatic carbocycles. The molecule has 2 N–H and O–H groups in total. The predicted octanol–water partition coefficient (Wildman–Crippen LogP) is 4.83. The molecule has 1 amide bonds. The Morgan fingerprint density at radius 3 is 2.56 bits per heavy atom. The molecule has 0 atom stereocenters. The summed E-state index contributed by atoms with van der Waals surface area (Å²) in [4.78, 5) is 23.4. The molecule has 0 aliphatic heterocycles. The number of nitrogens with two attached hydrogens (primary N) is 1. The Hall–Kier alpha value is -3.79. The number of carbonyl (C=O) groups is 1. The number of halogens is 4. The van der Waals surface area contributed by atoms with Gasteiger partial charge in [0.1, 0.15) is 5.82 Å². The zero-order valence-electron chi connectivity index (χ0n) is 17.8. The van der Waals surface area contributed by atoms with Gasteiger partial charge >= 0.3 is 6.18 Å². The van der Waals surface area contributed by atoms with Crippen molar-refractivity contribution in [2.75, 3.05) is 5.73 Å². The zero-order valence-corrected chi connectivity index (χ0v) is 18.6. The van der Waals surface area contributed by atoms with Crippen LogP contribution in [0.15, 0.2) is 54.7 Å². The third-order valence-electron chi connectivity index (χ3n) is 5.12. The van der Waals surface area contributed by atoms with Crippen LogP contribution in [0.2, 0.25) is 5.02 Å². The lowest BCUT2D eigenvalue weighted by Gasteiger charge is -2.23. The Bertz CT molecular complexity index is 1360. The summed E-state index contributed by atoms with van der Waals surface area (Å²) in [5.74, 6) is 0.0127. The topological polar surface area (TPSA) is 97.9 Å².